The molecule has 0 saturated heterocycles. The molecule has 2 rings (SSSR count). The number of sulfonamides is 1. The van der Waals surface area contributed by atoms with E-state index in [0.29, 0.717) is 5.75 Å². The number of amides is 1. The minimum Gasteiger partial charge on any atom is -0.496 e. The van der Waals surface area contributed by atoms with Crippen molar-refractivity contribution in [3.8, 4) is 5.75 Å². The van der Waals surface area contributed by atoms with Crippen LogP contribution in [0.4, 0.5) is 0 Å². The summed E-state index contributed by atoms with van der Waals surface area (Å²) in [7, 11) is -0.760. The van der Waals surface area contributed by atoms with E-state index < -0.39 is 10.0 Å². The van der Waals surface area contributed by atoms with E-state index in [1.165, 1.54) is 19.2 Å². The Morgan fingerprint density at radius 2 is 1.77 bits per heavy atom. The summed E-state index contributed by atoms with van der Waals surface area (Å²) < 4.78 is 31.5. The summed E-state index contributed by atoms with van der Waals surface area (Å²) in [5.74, 6) is 0.280. The van der Waals surface area contributed by atoms with Crippen molar-refractivity contribution in [2.75, 3.05) is 20.7 Å². The van der Waals surface area contributed by atoms with Crippen LogP contribution in [-0.2, 0) is 14.8 Å². The number of para-hydroxylation sites is 1. The first-order chi connectivity index (χ1) is 12.3. The van der Waals surface area contributed by atoms with Crippen molar-refractivity contribution in [1.29, 1.82) is 0 Å². The standard InChI is InChI=1S/C19H24N2O4S/c1-14-9-11-16(12-10-14)26(23,24)21(3)13-19(22)20-15(2)17-7-5-6-8-18(17)25-4/h5-12,15H,13H2,1-4H3,(H,20,22)/t15-/m1/s1. The normalized spacial score (nSPS) is 12.7. The lowest BCUT2D eigenvalue weighted by Gasteiger charge is -2.20. The minimum absolute atomic E-state index is 0.163. The van der Waals surface area contributed by atoms with Crippen LogP contribution < -0.4 is 10.1 Å². The van der Waals surface area contributed by atoms with Gasteiger partial charge in [-0.1, -0.05) is 35.9 Å². The van der Waals surface area contributed by atoms with Gasteiger partial charge in [0.2, 0.25) is 15.9 Å². The maximum absolute atomic E-state index is 12.6. The summed E-state index contributed by atoms with van der Waals surface area (Å²) in [5, 5.41) is 2.81. The molecule has 0 bridgehead atoms. The summed E-state index contributed by atoms with van der Waals surface area (Å²) in [4.78, 5) is 12.5. The van der Waals surface area contributed by atoms with Crippen LogP contribution in [0.25, 0.3) is 0 Å². The van der Waals surface area contributed by atoms with E-state index in [1.807, 2.05) is 38.1 Å². The Bertz CT molecular complexity index is 863. The van der Waals surface area contributed by atoms with Crippen molar-refractivity contribution >= 4 is 15.9 Å². The summed E-state index contributed by atoms with van der Waals surface area (Å²) >= 11 is 0. The molecule has 0 aliphatic rings. The van der Waals surface area contributed by atoms with Crippen molar-refractivity contribution in [3.05, 3.63) is 59.7 Å². The Hall–Kier alpha value is -2.38. The van der Waals surface area contributed by atoms with Crippen LogP contribution in [0.1, 0.15) is 24.1 Å². The first-order valence-corrected chi connectivity index (χ1v) is 9.65. The second kappa shape index (κ2) is 8.33. The van der Waals surface area contributed by atoms with Gasteiger partial charge in [-0.25, -0.2) is 8.42 Å². The van der Waals surface area contributed by atoms with Gasteiger partial charge in [-0.05, 0) is 32.0 Å². The van der Waals surface area contributed by atoms with Gasteiger partial charge < -0.3 is 10.1 Å². The number of nitrogens with zero attached hydrogens (tertiary/aromatic N) is 1. The van der Waals surface area contributed by atoms with E-state index >= 15 is 0 Å². The highest BCUT2D eigenvalue weighted by Gasteiger charge is 2.23. The Kier molecular flexibility index (Phi) is 6.39. The average molecular weight is 376 g/mol. The SMILES string of the molecule is COc1ccccc1[C@@H](C)NC(=O)CN(C)S(=O)(=O)c1ccc(C)cc1. The molecule has 140 valence electrons. The van der Waals surface area contributed by atoms with Gasteiger partial charge in [0.25, 0.3) is 0 Å². The minimum atomic E-state index is -3.72. The van der Waals surface area contributed by atoms with E-state index in [2.05, 4.69) is 5.32 Å². The average Bonchev–Trinajstić information content (AvgIpc) is 2.61. The van der Waals surface area contributed by atoms with Gasteiger partial charge in [0.05, 0.1) is 24.6 Å². The molecule has 0 aliphatic heterocycles. The highest BCUT2D eigenvalue weighted by molar-refractivity contribution is 7.89. The molecular formula is C19H24N2O4S. The molecule has 1 amide bonds. The number of rotatable bonds is 7. The number of aryl methyl sites for hydroxylation is 1. The van der Waals surface area contributed by atoms with Gasteiger partial charge in [-0.15, -0.1) is 0 Å². The van der Waals surface area contributed by atoms with Gasteiger partial charge in [-0.3, -0.25) is 4.79 Å². The molecule has 0 aromatic heterocycles. The number of hydrogen-bond acceptors (Lipinski definition) is 4. The molecular weight excluding hydrogens is 352 g/mol. The van der Waals surface area contributed by atoms with Gasteiger partial charge >= 0.3 is 0 Å². The number of carbonyl (C=O) groups excluding carboxylic acids is 1. The Morgan fingerprint density at radius 3 is 2.38 bits per heavy atom. The quantitative estimate of drug-likeness (QED) is 0.806. The molecule has 0 saturated carbocycles. The lowest BCUT2D eigenvalue weighted by atomic mass is 10.1. The lowest BCUT2D eigenvalue weighted by molar-refractivity contribution is -0.121. The number of benzene rings is 2. The molecule has 0 unspecified atom stereocenters. The monoisotopic (exact) mass is 376 g/mol. The number of carbonyl (C=O) groups is 1. The Morgan fingerprint density at radius 1 is 1.15 bits per heavy atom. The summed E-state index contributed by atoms with van der Waals surface area (Å²) in [5.41, 5.74) is 1.79. The molecule has 0 spiro atoms. The predicted octanol–water partition coefficient (Wildman–Crippen LogP) is 2.50. The summed E-state index contributed by atoms with van der Waals surface area (Å²) in [6, 6.07) is 13.6. The molecule has 1 N–H and O–H groups in total. The number of nitrogens with one attached hydrogen (secondary N) is 1. The van der Waals surface area contributed by atoms with E-state index in [9.17, 15) is 13.2 Å². The van der Waals surface area contributed by atoms with Crippen LogP contribution in [0.2, 0.25) is 0 Å². The third kappa shape index (κ3) is 4.62. The molecule has 0 heterocycles. The zero-order valence-electron chi connectivity index (χ0n) is 15.4. The zero-order valence-corrected chi connectivity index (χ0v) is 16.2. The van der Waals surface area contributed by atoms with Crippen LogP contribution in [0, 0.1) is 6.92 Å². The van der Waals surface area contributed by atoms with E-state index in [-0.39, 0.29) is 23.4 Å². The lowest BCUT2D eigenvalue weighted by Crippen LogP contribution is -2.39. The zero-order chi connectivity index (χ0) is 19.3. The maximum Gasteiger partial charge on any atom is 0.243 e. The smallest absolute Gasteiger partial charge is 0.243 e. The van der Waals surface area contributed by atoms with Crippen molar-refractivity contribution < 1.29 is 17.9 Å². The van der Waals surface area contributed by atoms with E-state index in [0.717, 1.165) is 15.4 Å². The first-order valence-electron chi connectivity index (χ1n) is 8.21. The molecule has 0 aliphatic carbocycles. The summed E-state index contributed by atoms with van der Waals surface area (Å²) in [6.45, 7) is 3.44. The van der Waals surface area contributed by atoms with Gasteiger partial charge in [-0.2, -0.15) is 4.31 Å². The van der Waals surface area contributed by atoms with Crippen LogP contribution in [0.5, 0.6) is 5.75 Å². The van der Waals surface area contributed by atoms with Crippen molar-refractivity contribution in [3.63, 3.8) is 0 Å². The van der Waals surface area contributed by atoms with Crippen molar-refractivity contribution in [2.24, 2.45) is 0 Å². The van der Waals surface area contributed by atoms with Crippen molar-refractivity contribution in [2.45, 2.75) is 24.8 Å². The highest BCUT2D eigenvalue weighted by atomic mass is 32.2. The third-order valence-electron chi connectivity index (χ3n) is 4.08. The second-order valence-corrected chi connectivity index (χ2v) is 8.15. The fourth-order valence-corrected chi connectivity index (χ4v) is 3.69. The fourth-order valence-electron chi connectivity index (χ4n) is 2.57. The van der Waals surface area contributed by atoms with E-state index in [1.54, 1.807) is 19.2 Å². The van der Waals surface area contributed by atoms with Crippen LogP contribution in [-0.4, -0.2) is 39.3 Å². The van der Waals surface area contributed by atoms with Gasteiger partial charge in [0.15, 0.2) is 0 Å². The van der Waals surface area contributed by atoms with Crippen LogP contribution in [0.15, 0.2) is 53.4 Å². The molecule has 6 nitrogen and oxygen atoms in total. The Balaban J connectivity index is 2.05. The largest absolute Gasteiger partial charge is 0.496 e. The highest BCUT2D eigenvalue weighted by Crippen LogP contribution is 2.24. The molecule has 0 fully saturated rings. The number of methoxy groups -OCH3 is 1. The predicted molar refractivity (Wildman–Crippen MR) is 101 cm³/mol. The van der Waals surface area contributed by atoms with Gasteiger partial charge in [0, 0.05) is 12.6 Å². The molecule has 0 radical (unpaired) electrons. The third-order valence-corrected chi connectivity index (χ3v) is 5.90. The Labute approximate surface area is 154 Å². The van der Waals surface area contributed by atoms with Gasteiger partial charge in [0.1, 0.15) is 5.75 Å². The summed E-state index contributed by atoms with van der Waals surface area (Å²) in [6.07, 6.45) is 0. The molecule has 2 aromatic rings. The fraction of sp³-hybridized carbons (Fsp3) is 0.316. The molecule has 2 aromatic carbocycles. The number of hydrogen-bond donors (Lipinski definition) is 1. The number of likely N-dealkylation sites (N-methyl/N-ethyl adjacent to an activating group) is 1. The molecule has 26 heavy (non-hydrogen) atoms. The van der Waals surface area contributed by atoms with Crippen LogP contribution >= 0.6 is 0 Å². The maximum atomic E-state index is 12.6. The van der Waals surface area contributed by atoms with Crippen LogP contribution in [0.3, 0.4) is 0 Å². The first kappa shape index (κ1) is 19.9. The topological polar surface area (TPSA) is 75.7 Å². The van der Waals surface area contributed by atoms with E-state index in [4.69, 9.17) is 4.74 Å². The second-order valence-electron chi connectivity index (χ2n) is 6.11. The molecule has 7 heteroatoms. The van der Waals surface area contributed by atoms with Crippen molar-refractivity contribution in [1.82, 2.24) is 9.62 Å². The molecule has 1 atom stereocenters. The number of ether oxygens (including phenoxy) is 1.